The molecule has 268 valence electrons. The predicted molar refractivity (Wildman–Crippen MR) is 190 cm³/mol. The molecule has 0 aliphatic carbocycles. The molecule has 3 aromatic carbocycles. The Labute approximate surface area is 309 Å². The fourth-order valence-corrected chi connectivity index (χ4v) is 7.53. The molecule has 2 fully saturated rings. The number of hydrogen-bond acceptors (Lipinski definition) is 10. The number of aromatic nitrogens is 1. The van der Waals surface area contributed by atoms with Gasteiger partial charge >= 0.3 is 18.0 Å². The fraction of sp³-hybridized carbons (Fsp3) is 0.229. The molecule has 0 spiro atoms. The lowest BCUT2D eigenvalue weighted by molar-refractivity contribution is -0.136. The van der Waals surface area contributed by atoms with Crippen LogP contribution in [-0.4, -0.2) is 89.6 Å². The number of amides is 2. The van der Waals surface area contributed by atoms with E-state index in [1.54, 1.807) is 29.3 Å². The number of ether oxygens (including phenoxy) is 2. The number of carboxylic acids is 1. The molecular formula is C35H28Cl2F2N6O6S. The van der Waals surface area contributed by atoms with E-state index in [-0.39, 0.29) is 53.5 Å². The summed E-state index contributed by atoms with van der Waals surface area (Å²) in [6.45, 7) is 1.69. The van der Waals surface area contributed by atoms with Gasteiger partial charge in [0.15, 0.2) is 22.4 Å². The largest absolute Gasteiger partial charge is 0.478 e. The molecule has 0 radical (unpaired) electrons. The number of carboxylic acid groups (broad SMARTS) is 1. The first-order chi connectivity index (χ1) is 25.0. The molecule has 4 aromatic rings. The van der Waals surface area contributed by atoms with Crippen molar-refractivity contribution in [1.29, 1.82) is 0 Å². The predicted octanol–water partition coefficient (Wildman–Crippen LogP) is 6.36. The van der Waals surface area contributed by atoms with Gasteiger partial charge in [-0.1, -0.05) is 29.3 Å². The Balaban J connectivity index is 1.13. The SMILES string of the molecule is COC(=O)C1=C(CN2CCN3C(=O)N(c4cc(F)cc(Oc5ccc(C(=O)O)cc5F)c4)C[C@@H]3C2)NC(c2nccs2)=N[C@H]1c1ccc(Cl)cc1Cl. The van der Waals surface area contributed by atoms with Gasteiger partial charge in [-0.25, -0.2) is 28.1 Å². The van der Waals surface area contributed by atoms with Gasteiger partial charge < -0.3 is 24.8 Å². The first-order valence-corrected chi connectivity index (χ1v) is 17.5. The van der Waals surface area contributed by atoms with Crippen LogP contribution in [0.15, 0.2) is 82.4 Å². The smallest absolute Gasteiger partial charge is 0.338 e. The quantitative estimate of drug-likeness (QED) is 0.186. The normalized spacial score (nSPS) is 18.9. The molecule has 3 aliphatic heterocycles. The zero-order valence-electron chi connectivity index (χ0n) is 27.2. The first-order valence-electron chi connectivity index (χ1n) is 15.8. The fourth-order valence-electron chi connectivity index (χ4n) is 6.43. The molecule has 2 saturated heterocycles. The molecular weight excluding hydrogens is 741 g/mol. The lowest BCUT2D eigenvalue weighted by Gasteiger charge is -2.38. The second kappa shape index (κ2) is 14.5. The monoisotopic (exact) mass is 768 g/mol. The van der Waals surface area contributed by atoms with Crippen LogP contribution in [-0.2, 0) is 9.53 Å². The van der Waals surface area contributed by atoms with Gasteiger partial charge in [-0.05, 0) is 36.4 Å². The summed E-state index contributed by atoms with van der Waals surface area (Å²) >= 11 is 14.2. The van der Waals surface area contributed by atoms with Gasteiger partial charge in [0.2, 0.25) is 0 Å². The second-order valence-electron chi connectivity index (χ2n) is 12.1. The number of rotatable bonds is 9. The van der Waals surface area contributed by atoms with Gasteiger partial charge in [0.05, 0.1) is 30.0 Å². The Morgan fingerprint density at radius 1 is 1.08 bits per heavy atom. The Morgan fingerprint density at radius 3 is 2.62 bits per heavy atom. The van der Waals surface area contributed by atoms with Gasteiger partial charge in [-0.2, -0.15) is 0 Å². The molecule has 2 amide bonds. The summed E-state index contributed by atoms with van der Waals surface area (Å²) in [5, 5.41) is 15.6. The van der Waals surface area contributed by atoms with Crippen LogP contribution in [0.1, 0.15) is 27.0 Å². The number of methoxy groups -OCH3 is 1. The number of carbonyl (C=O) groups excluding carboxylic acids is 2. The highest BCUT2D eigenvalue weighted by molar-refractivity contribution is 7.11. The summed E-state index contributed by atoms with van der Waals surface area (Å²) in [6.07, 6.45) is 1.65. The Kier molecular flexibility index (Phi) is 9.85. The lowest BCUT2D eigenvalue weighted by atomic mass is 9.95. The van der Waals surface area contributed by atoms with Gasteiger partial charge in [0.1, 0.15) is 17.6 Å². The zero-order valence-corrected chi connectivity index (χ0v) is 29.5. The summed E-state index contributed by atoms with van der Waals surface area (Å²) in [7, 11) is 1.29. The number of halogens is 4. The molecule has 4 heterocycles. The number of fused-ring (bicyclic) bond motifs is 1. The average Bonchev–Trinajstić information content (AvgIpc) is 3.77. The van der Waals surface area contributed by atoms with Gasteiger partial charge in [-0.3, -0.25) is 14.8 Å². The van der Waals surface area contributed by atoms with Crippen molar-refractivity contribution in [3.8, 4) is 11.5 Å². The van der Waals surface area contributed by atoms with Crippen LogP contribution in [0.4, 0.5) is 19.3 Å². The van der Waals surface area contributed by atoms with E-state index in [1.165, 1.54) is 41.5 Å². The Hall–Kier alpha value is -5.09. The first kappa shape index (κ1) is 35.3. The summed E-state index contributed by atoms with van der Waals surface area (Å²) in [6, 6.07) is 10.3. The number of thiazole rings is 1. The zero-order chi connectivity index (χ0) is 36.7. The molecule has 2 N–H and O–H groups in total. The van der Waals surface area contributed by atoms with E-state index in [0.717, 1.165) is 18.2 Å². The number of aliphatic imine (C=N–C) groups is 1. The van der Waals surface area contributed by atoms with E-state index < -0.39 is 29.6 Å². The van der Waals surface area contributed by atoms with E-state index in [2.05, 4.69) is 15.2 Å². The van der Waals surface area contributed by atoms with Crippen LogP contribution in [0.5, 0.6) is 11.5 Å². The molecule has 0 saturated carbocycles. The van der Waals surface area contributed by atoms with Crippen molar-refractivity contribution in [3.63, 3.8) is 0 Å². The van der Waals surface area contributed by atoms with Crippen LogP contribution in [0.2, 0.25) is 10.0 Å². The topological polar surface area (TPSA) is 137 Å². The third-order valence-electron chi connectivity index (χ3n) is 8.82. The molecule has 2 atom stereocenters. The van der Waals surface area contributed by atoms with Crippen LogP contribution in [0, 0.1) is 11.6 Å². The third kappa shape index (κ3) is 7.04. The highest BCUT2D eigenvalue weighted by Gasteiger charge is 2.42. The minimum atomic E-state index is -1.31. The van der Waals surface area contributed by atoms with Crippen LogP contribution < -0.4 is 15.0 Å². The molecule has 12 nitrogen and oxygen atoms in total. The third-order valence-corrected chi connectivity index (χ3v) is 10.2. The molecule has 17 heteroatoms. The molecule has 52 heavy (non-hydrogen) atoms. The molecule has 1 aromatic heterocycles. The number of benzene rings is 3. The standard InChI is InChI=1S/C35H28Cl2F2N6O6S/c1-50-34(48)29-27(41-31(32-40-6-9-52-32)42-30(29)24-4-3-19(36)11-25(24)37)17-43-7-8-44-22(15-43)16-45(35(44)49)21-12-20(38)13-23(14-21)51-28-5-2-18(33(46)47)10-26(28)39/h2-6,9-14,22,30H,7-8,15-17H2,1H3,(H,41,42)(H,46,47)/t22-,30-/m0/s1. The molecule has 3 aliphatic rings. The summed E-state index contributed by atoms with van der Waals surface area (Å²) in [4.78, 5) is 52.7. The van der Waals surface area contributed by atoms with Gasteiger partial charge in [0, 0.05) is 77.7 Å². The van der Waals surface area contributed by atoms with Crippen LogP contribution in [0.3, 0.4) is 0 Å². The number of nitrogens with zero attached hydrogens (tertiary/aromatic N) is 5. The number of aromatic carboxylic acids is 1. The van der Waals surface area contributed by atoms with Crippen molar-refractivity contribution in [2.24, 2.45) is 4.99 Å². The van der Waals surface area contributed by atoms with Crippen molar-refractivity contribution in [1.82, 2.24) is 20.1 Å². The number of urea groups is 1. The highest BCUT2D eigenvalue weighted by Crippen LogP contribution is 2.38. The number of hydrogen-bond donors (Lipinski definition) is 2. The molecule has 7 rings (SSSR count). The number of anilines is 1. The summed E-state index contributed by atoms with van der Waals surface area (Å²) < 4.78 is 40.2. The number of piperazine rings is 1. The molecule has 0 bridgehead atoms. The number of nitrogens with one attached hydrogen (secondary N) is 1. The van der Waals surface area contributed by atoms with Crippen LogP contribution >= 0.6 is 34.5 Å². The summed E-state index contributed by atoms with van der Waals surface area (Å²) in [5.41, 5.74) is 1.29. The lowest BCUT2D eigenvalue weighted by Crippen LogP contribution is -2.53. The Morgan fingerprint density at radius 2 is 1.90 bits per heavy atom. The van der Waals surface area contributed by atoms with Crippen molar-refractivity contribution >= 4 is 64.0 Å². The van der Waals surface area contributed by atoms with E-state index in [4.69, 9.17) is 42.8 Å². The highest BCUT2D eigenvalue weighted by atomic mass is 35.5. The number of esters is 1. The van der Waals surface area contributed by atoms with Crippen molar-refractivity contribution in [3.05, 3.63) is 115 Å². The van der Waals surface area contributed by atoms with Gasteiger partial charge in [-0.15, -0.1) is 11.3 Å². The van der Waals surface area contributed by atoms with E-state index in [9.17, 15) is 23.2 Å². The maximum Gasteiger partial charge on any atom is 0.338 e. The maximum atomic E-state index is 14.8. The van der Waals surface area contributed by atoms with Crippen molar-refractivity contribution in [2.45, 2.75) is 12.1 Å². The summed E-state index contributed by atoms with van der Waals surface area (Å²) in [5.74, 6) is -3.48. The second-order valence-corrected chi connectivity index (χ2v) is 13.8. The van der Waals surface area contributed by atoms with E-state index in [1.807, 2.05) is 5.38 Å². The van der Waals surface area contributed by atoms with Crippen LogP contribution in [0.25, 0.3) is 0 Å². The van der Waals surface area contributed by atoms with E-state index in [0.29, 0.717) is 51.8 Å². The maximum absolute atomic E-state index is 14.8. The molecule has 0 unspecified atom stereocenters. The average molecular weight is 770 g/mol. The van der Waals surface area contributed by atoms with E-state index >= 15 is 0 Å². The number of amidine groups is 1. The Bertz CT molecular complexity index is 2150. The number of carbonyl (C=O) groups is 3. The minimum Gasteiger partial charge on any atom is -0.478 e. The minimum absolute atomic E-state index is 0.0741. The van der Waals surface area contributed by atoms with Crippen molar-refractivity contribution in [2.75, 3.05) is 44.7 Å². The van der Waals surface area contributed by atoms with Crippen molar-refractivity contribution < 1.29 is 37.7 Å². The van der Waals surface area contributed by atoms with Gasteiger partial charge in [0.25, 0.3) is 0 Å².